The third kappa shape index (κ3) is 8.39. The van der Waals surface area contributed by atoms with E-state index in [0.717, 1.165) is 41.7 Å². The highest BCUT2D eigenvalue weighted by molar-refractivity contribution is 5.82. The van der Waals surface area contributed by atoms with Gasteiger partial charge >= 0.3 is 41.6 Å². The summed E-state index contributed by atoms with van der Waals surface area (Å²) in [6, 6.07) is 0. The van der Waals surface area contributed by atoms with E-state index in [0.29, 0.717) is 0 Å². The van der Waals surface area contributed by atoms with Crippen LogP contribution in [0.25, 0.3) is 0 Å². The zero-order chi connectivity index (χ0) is 28.5. The minimum atomic E-state index is -2.63. The van der Waals surface area contributed by atoms with Crippen molar-refractivity contribution in [2.24, 2.45) is 5.92 Å². The average molecular weight is 535 g/mol. The molecule has 7 atom stereocenters. The number of hydrogen-bond acceptors (Lipinski definition) is 14. The Morgan fingerprint density at radius 2 is 1.46 bits per heavy atom. The summed E-state index contributed by atoms with van der Waals surface area (Å²) in [4.78, 5) is 72.6. The number of methoxy groups -OCH3 is 1. The van der Waals surface area contributed by atoms with Crippen LogP contribution in [0.15, 0.2) is 0 Å². The highest BCUT2D eigenvalue weighted by Gasteiger charge is 2.66. The van der Waals surface area contributed by atoms with Gasteiger partial charge in [0.1, 0.15) is 18.8 Å². The fourth-order valence-electron chi connectivity index (χ4n) is 3.97. The van der Waals surface area contributed by atoms with Gasteiger partial charge in [0, 0.05) is 47.1 Å². The first-order chi connectivity index (χ1) is 17.2. The van der Waals surface area contributed by atoms with Crippen LogP contribution in [0.4, 0.5) is 0 Å². The summed E-state index contributed by atoms with van der Waals surface area (Å²) in [5.41, 5.74) is 0. The Morgan fingerprint density at radius 1 is 0.865 bits per heavy atom. The van der Waals surface area contributed by atoms with E-state index in [1.165, 1.54) is 6.92 Å². The predicted octanol–water partition coefficient (Wildman–Crippen LogP) is 0.217. The number of hydrogen-bond donors (Lipinski definition) is 0. The molecular formula is C23H34O14. The predicted molar refractivity (Wildman–Crippen MR) is 119 cm³/mol. The first-order valence-corrected chi connectivity index (χ1v) is 11.4. The Labute approximate surface area is 214 Å². The molecule has 0 unspecified atom stereocenters. The van der Waals surface area contributed by atoms with Crippen LogP contribution in [0.5, 0.6) is 0 Å². The molecule has 1 aliphatic rings. The Morgan fingerprint density at radius 3 is 1.89 bits per heavy atom. The van der Waals surface area contributed by atoms with Crippen molar-refractivity contribution in [1.82, 2.24) is 0 Å². The lowest BCUT2D eigenvalue weighted by atomic mass is 9.82. The van der Waals surface area contributed by atoms with Crippen molar-refractivity contribution in [2.45, 2.75) is 84.8 Å². The topological polar surface area (TPSA) is 176 Å². The lowest BCUT2D eigenvalue weighted by Gasteiger charge is -2.50. The summed E-state index contributed by atoms with van der Waals surface area (Å²) < 4.78 is 43.0. The highest BCUT2D eigenvalue weighted by Crippen LogP contribution is 2.41. The normalized spacial score (nSPS) is 26.6. The van der Waals surface area contributed by atoms with Crippen LogP contribution in [0.2, 0.25) is 0 Å². The lowest BCUT2D eigenvalue weighted by molar-refractivity contribution is -0.350. The zero-order valence-electron chi connectivity index (χ0n) is 22.1. The maximum atomic E-state index is 13.1. The van der Waals surface area contributed by atoms with Crippen LogP contribution < -0.4 is 0 Å². The number of carbonyl (C=O) groups is 6. The molecule has 14 nitrogen and oxygen atoms in total. The van der Waals surface area contributed by atoms with Gasteiger partial charge in [0.2, 0.25) is 0 Å². The molecule has 0 radical (unpaired) electrons. The molecule has 1 fully saturated rings. The maximum Gasteiger partial charge on any atom is 0.382 e. The van der Waals surface area contributed by atoms with Crippen molar-refractivity contribution in [2.75, 3.05) is 20.3 Å². The van der Waals surface area contributed by atoms with Gasteiger partial charge < -0.3 is 37.9 Å². The van der Waals surface area contributed by atoms with Crippen LogP contribution in [0.1, 0.15) is 48.5 Å². The Bertz CT molecular complexity index is 870. The molecule has 0 bridgehead atoms. The molecule has 1 aliphatic heterocycles. The summed E-state index contributed by atoms with van der Waals surface area (Å²) in [7, 11) is 1.000. The third-order valence-electron chi connectivity index (χ3n) is 5.19. The van der Waals surface area contributed by atoms with E-state index in [2.05, 4.69) is 0 Å². The molecule has 0 saturated carbocycles. The quantitative estimate of drug-likeness (QED) is 0.260. The van der Waals surface area contributed by atoms with E-state index < -0.39 is 84.6 Å². The lowest BCUT2D eigenvalue weighted by Crippen LogP contribution is -2.71. The molecule has 1 heterocycles. The Hall–Kier alpha value is -3.26. The molecule has 210 valence electrons. The SMILES string of the molecule is CCO[C@H]1[C@H](OC(C)=O)[C@@H](C)[C@H]([C@H](OC(C)=O)[C@@H](COC(C)=O)OC(C)=O)O[C@]1(OC(C)=O)C(=O)OC. The van der Waals surface area contributed by atoms with Crippen LogP contribution >= 0.6 is 0 Å². The second kappa shape index (κ2) is 13.9. The molecule has 1 rings (SSSR count). The van der Waals surface area contributed by atoms with Gasteiger partial charge in [0.05, 0.1) is 7.11 Å². The van der Waals surface area contributed by atoms with Gasteiger partial charge in [-0.2, -0.15) is 0 Å². The van der Waals surface area contributed by atoms with Gasteiger partial charge in [-0.3, -0.25) is 24.0 Å². The minimum Gasteiger partial charge on any atom is -0.464 e. The molecule has 14 heteroatoms. The monoisotopic (exact) mass is 534 g/mol. The highest BCUT2D eigenvalue weighted by atomic mass is 16.8. The summed E-state index contributed by atoms with van der Waals surface area (Å²) in [6.45, 7) is 7.85. The molecule has 37 heavy (non-hydrogen) atoms. The smallest absolute Gasteiger partial charge is 0.382 e. The van der Waals surface area contributed by atoms with Gasteiger partial charge in [0.15, 0.2) is 18.3 Å². The van der Waals surface area contributed by atoms with E-state index in [1.54, 1.807) is 6.92 Å². The molecule has 0 aromatic heterocycles. The van der Waals surface area contributed by atoms with Crippen molar-refractivity contribution >= 4 is 35.8 Å². The van der Waals surface area contributed by atoms with Crippen LogP contribution in [0, 0.1) is 5.92 Å². The van der Waals surface area contributed by atoms with Crippen molar-refractivity contribution in [3.63, 3.8) is 0 Å². The van der Waals surface area contributed by atoms with Gasteiger partial charge in [-0.25, -0.2) is 4.79 Å². The second-order valence-corrected chi connectivity index (χ2v) is 8.17. The number of rotatable bonds is 11. The van der Waals surface area contributed by atoms with E-state index in [4.69, 9.17) is 37.9 Å². The minimum absolute atomic E-state index is 0.0287. The largest absolute Gasteiger partial charge is 0.464 e. The van der Waals surface area contributed by atoms with Gasteiger partial charge in [0.25, 0.3) is 0 Å². The van der Waals surface area contributed by atoms with E-state index in [9.17, 15) is 28.8 Å². The molecule has 0 aliphatic carbocycles. The van der Waals surface area contributed by atoms with E-state index in [1.807, 2.05) is 0 Å². The van der Waals surface area contributed by atoms with Crippen LogP contribution in [0.3, 0.4) is 0 Å². The van der Waals surface area contributed by atoms with Gasteiger partial charge in [-0.05, 0) is 6.92 Å². The van der Waals surface area contributed by atoms with E-state index >= 15 is 0 Å². The molecule has 0 amide bonds. The first-order valence-electron chi connectivity index (χ1n) is 11.4. The van der Waals surface area contributed by atoms with Gasteiger partial charge in [-0.1, -0.05) is 6.92 Å². The first kappa shape index (κ1) is 31.8. The van der Waals surface area contributed by atoms with Crippen LogP contribution in [-0.2, 0) is 66.7 Å². The van der Waals surface area contributed by atoms with Crippen molar-refractivity contribution in [3.05, 3.63) is 0 Å². The zero-order valence-corrected chi connectivity index (χ0v) is 22.1. The summed E-state index contributed by atoms with van der Waals surface area (Å²) in [6.07, 6.45) is -7.27. The summed E-state index contributed by atoms with van der Waals surface area (Å²) in [5, 5.41) is 0. The summed E-state index contributed by atoms with van der Waals surface area (Å²) in [5.74, 6) is -8.94. The number of carbonyl (C=O) groups excluding carboxylic acids is 6. The standard InChI is InChI=1S/C23H34O14/c1-9-31-21-19(34-14(5)26)11(2)18(37-23(21,22(29)30-8)36-16(7)28)20(35-15(6)27)17(33-13(4)25)10-32-12(3)24/h11,17-21H,9-10H2,1-8H3/t11-,17+,18+,19+,20+,21-,23-/m0/s1. The molecule has 1 saturated heterocycles. The Kier molecular flexibility index (Phi) is 11.9. The third-order valence-corrected chi connectivity index (χ3v) is 5.19. The number of esters is 6. The Balaban J connectivity index is 3.83. The average Bonchev–Trinajstić information content (AvgIpc) is 2.77. The molecule has 0 aromatic rings. The molecule has 0 aromatic carbocycles. The van der Waals surface area contributed by atoms with Gasteiger partial charge in [-0.15, -0.1) is 0 Å². The molecule has 0 spiro atoms. The van der Waals surface area contributed by atoms with E-state index in [-0.39, 0.29) is 6.61 Å². The van der Waals surface area contributed by atoms with Crippen molar-refractivity contribution in [3.8, 4) is 0 Å². The summed E-state index contributed by atoms with van der Waals surface area (Å²) >= 11 is 0. The fraction of sp³-hybridized carbons (Fsp3) is 0.739. The molecule has 0 N–H and O–H groups in total. The maximum absolute atomic E-state index is 13.1. The molecular weight excluding hydrogens is 500 g/mol. The number of ether oxygens (including phenoxy) is 8. The van der Waals surface area contributed by atoms with Crippen molar-refractivity contribution < 1.29 is 66.7 Å². The second-order valence-electron chi connectivity index (χ2n) is 8.17. The van der Waals surface area contributed by atoms with Crippen LogP contribution in [-0.4, -0.2) is 92.4 Å². The fourth-order valence-corrected chi connectivity index (χ4v) is 3.97. The van der Waals surface area contributed by atoms with Crippen molar-refractivity contribution in [1.29, 1.82) is 0 Å².